The summed E-state index contributed by atoms with van der Waals surface area (Å²) in [5.74, 6) is -0.229. The average molecular weight is 310 g/mol. The summed E-state index contributed by atoms with van der Waals surface area (Å²) in [6.07, 6.45) is 3.55. The highest BCUT2D eigenvalue weighted by Gasteiger charge is 2.37. The van der Waals surface area contributed by atoms with Crippen molar-refractivity contribution in [3.63, 3.8) is 0 Å². The van der Waals surface area contributed by atoms with E-state index in [-0.39, 0.29) is 29.7 Å². The number of rotatable bonds is 5. The molecule has 2 heterocycles. The predicted molar refractivity (Wildman–Crippen MR) is 81.8 cm³/mol. The number of nitrogens with one attached hydrogen (secondary N) is 1. The van der Waals surface area contributed by atoms with Crippen molar-refractivity contribution in [2.24, 2.45) is 11.7 Å². The second-order valence-electron chi connectivity index (χ2n) is 6.20. The Kier molecular flexibility index (Phi) is 5.76. The molecule has 0 aliphatic carbocycles. The SMILES string of the molecule is CN1CC(C(=O)N2CCCCC2CNC(=O)CCN)CC1=O. The number of likely N-dealkylation sites (tertiary alicyclic amines) is 2. The quantitative estimate of drug-likeness (QED) is 0.702. The molecule has 2 rings (SSSR count). The third-order valence-corrected chi connectivity index (χ3v) is 4.51. The standard InChI is InChI=1S/C15H26N4O3/c1-18-10-11(8-14(18)21)15(22)19-7-3-2-4-12(19)9-17-13(20)5-6-16/h11-12H,2-10,16H2,1H3,(H,17,20). The van der Waals surface area contributed by atoms with E-state index in [9.17, 15) is 14.4 Å². The van der Waals surface area contributed by atoms with E-state index in [4.69, 9.17) is 5.73 Å². The van der Waals surface area contributed by atoms with Gasteiger partial charge < -0.3 is 20.9 Å². The first-order valence-electron chi connectivity index (χ1n) is 8.04. The lowest BCUT2D eigenvalue weighted by Crippen LogP contribution is -2.51. The van der Waals surface area contributed by atoms with E-state index in [0.717, 1.165) is 19.3 Å². The molecule has 0 spiro atoms. The van der Waals surface area contributed by atoms with Gasteiger partial charge in [0.15, 0.2) is 0 Å². The van der Waals surface area contributed by atoms with Gasteiger partial charge in [0.1, 0.15) is 0 Å². The Morgan fingerprint density at radius 2 is 2.14 bits per heavy atom. The van der Waals surface area contributed by atoms with E-state index < -0.39 is 0 Å². The largest absolute Gasteiger partial charge is 0.354 e. The van der Waals surface area contributed by atoms with E-state index >= 15 is 0 Å². The summed E-state index contributed by atoms with van der Waals surface area (Å²) in [6.45, 7) is 2.02. The molecule has 2 aliphatic rings. The summed E-state index contributed by atoms with van der Waals surface area (Å²) >= 11 is 0. The number of piperidine rings is 1. The van der Waals surface area contributed by atoms with Crippen LogP contribution in [0.25, 0.3) is 0 Å². The van der Waals surface area contributed by atoms with E-state index in [1.54, 1.807) is 11.9 Å². The van der Waals surface area contributed by atoms with Gasteiger partial charge in [0.05, 0.1) is 5.92 Å². The molecule has 7 heteroatoms. The highest BCUT2D eigenvalue weighted by molar-refractivity contribution is 5.89. The van der Waals surface area contributed by atoms with E-state index in [1.165, 1.54) is 0 Å². The van der Waals surface area contributed by atoms with Gasteiger partial charge in [-0.1, -0.05) is 0 Å². The Bertz CT molecular complexity index is 441. The van der Waals surface area contributed by atoms with Crippen molar-refractivity contribution in [2.75, 3.05) is 33.2 Å². The molecule has 2 unspecified atom stereocenters. The van der Waals surface area contributed by atoms with Crippen molar-refractivity contribution < 1.29 is 14.4 Å². The Morgan fingerprint density at radius 1 is 1.36 bits per heavy atom. The molecule has 0 aromatic rings. The molecule has 22 heavy (non-hydrogen) atoms. The fourth-order valence-corrected chi connectivity index (χ4v) is 3.22. The van der Waals surface area contributed by atoms with Crippen LogP contribution in [0.4, 0.5) is 0 Å². The van der Waals surface area contributed by atoms with Gasteiger partial charge in [-0.15, -0.1) is 0 Å². The highest BCUT2D eigenvalue weighted by atomic mass is 16.2. The van der Waals surface area contributed by atoms with Crippen LogP contribution < -0.4 is 11.1 Å². The Morgan fingerprint density at radius 3 is 2.77 bits per heavy atom. The summed E-state index contributed by atoms with van der Waals surface area (Å²) in [6, 6.07) is 0.0315. The predicted octanol–water partition coefficient (Wildman–Crippen LogP) is -0.689. The number of hydrogen-bond donors (Lipinski definition) is 2. The number of carbonyl (C=O) groups excluding carboxylic acids is 3. The van der Waals surface area contributed by atoms with Crippen LogP contribution in [0.5, 0.6) is 0 Å². The van der Waals surface area contributed by atoms with Crippen LogP contribution in [0.3, 0.4) is 0 Å². The van der Waals surface area contributed by atoms with Crippen molar-refractivity contribution in [3.05, 3.63) is 0 Å². The van der Waals surface area contributed by atoms with Gasteiger partial charge in [0.25, 0.3) is 0 Å². The smallest absolute Gasteiger partial charge is 0.228 e. The first-order valence-corrected chi connectivity index (χ1v) is 8.04. The maximum atomic E-state index is 12.7. The van der Waals surface area contributed by atoms with Crippen LogP contribution in [0.1, 0.15) is 32.1 Å². The Hall–Kier alpha value is -1.63. The van der Waals surface area contributed by atoms with E-state index in [1.807, 2.05) is 4.90 Å². The first-order chi connectivity index (χ1) is 10.5. The molecule has 0 radical (unpaired) electrons. The fraction of sp³-hybridized carbons (Fsp3) is 0.800. The van der Waals surface area contributed by atoms with Crippen molar-refractivity contribution >= 4 is 17.7 Å². The number of hydrogen-bond acceptors (Lipinski definition) is 4. The minimum atomic E-state index is -0.238. The molecule has 2 fully saturated rings. The second kappa shape index (κ2) is 7.58. The molecule has 3 amide bonds. The molecule has 2 atom stereocenters. The molecule has 3 N–H and O–H groups in total. The van der Waals surface area contributed by atoms with Gasteiger partial charge in [0.2, 0.25) is 17.7 Å². The molecule has 2 aliphatic heterocycles. The molecule has 2 saturated heterocycles. The summed E-state index contributed by atoms with van der Waals surface area (Å²) in [5, 5.41) is 2.86. The zero-order valence-electron chi connectivity index (χ0n) is 13.2. The molecule has 0 aromatic heterocycles. The number of carbonyl (C=O) groups is 3. The molecule has 124 valence electrons. The molecule has 7 nitrogen and oxygen atoms in total. The van der Waals surface area contributed by atoms with Crippen molar-refractivity contribution in [1.29, 1.82) is 0 Å². The fourth-order valence-electron chi connectivity index (χ4n) is 3.22. The molecule has 0 saturated carbocycles. The molecule has 0 bridgehead atoms. The third-order valence-electron chi connectivity index (χ3n) is 4.51. The van der Waals surface area contributed by atoms with Crippen LogP contribution in [-0.4, -0.2) is 66.8 Å². The van der Waals surface area contributed by atoms with Gasteiger partial charge in [-0.05, 0) is 19.3 Å². The summed E-state index contributed by atoms with van der Waals surface area (Å²) in [5.41, 5.74) is 5.36. The maximum Gasteiger partial charge on any atom is 0.228 e. The zero-order chi connectivity index (χ0) is 16.1. The second-order valence-corrected chi connectivity index (χ2v) is 6.20. The van der Waals surface area contributed by atoms with Crippen molar-refractivity contribution in [2.45, 2.75) is 38.1 Å². The number of nitrogens with two attached hydrogens (primary N) is 1. The monoisotopic (exact) mass is 310 g/mol. The number of amides is 3. The normalized spacial score (nSPS) is 25.5. The van der Waals surface area contributed by atoms with Gasteiger partial charge >= 0.3 is 0 Å². The van der Waals surface area contributed by atoms with Gasteiger partial charge in [-0.3, -0.25) is 14.4 Å². The number of nitrogens with zero attached hydrogens (tertiary/aromatic N) is 2. The lowest BCUT2D eigenvalue weighted by Gasteiger charge is -2.37. The van der Waals surface area contributed by atoms with Gasteiger partial charge in [-0.25, -0.2) is 0 Å². The summed E-state index contributed by atoms with van der Waals surface area (Å²) in [4.78, 5) is 39.4. The topological polar surface area (TPSA) is 95.7 Å². The highest BCUT2D eigenvalue weighted by Crippen LogP contribution is 2.24. The van der Waals surface area contributed by atoms with E-state index in [2.05, 4.69) is 5.32 Å². The van der Waals surface area contributed by atoms with Crippen molar-refractivity contribution in [3.8, 4) is 0 Å². The molecular weight excluding hydrogens is 284 g/mol. The average Bonchev–Trinajstić information content (AvgIpc) is 2.84. The van der Waals surface area contributed by atoms with E-state index in [0.29, 0.717) is 39.0 Å². The minimum absolute atomic E-state index is 0.0307. The Balaban J connectivity index is 1.93. The third kappa shape index (κ3) is 3.97. The minimum Gasteiger partial charge on any atom is -0.354 e. The van der Waals surface area contributed by atoms with Crippen molar-refractivity contribution in [1.82, 2.24) is 15.1 Å². The maximum absolute atomic E-state index is 12.7. The lowest BCUT2D eigenvalue weighted by atomic mass is 9.98. The lowest BCUT2D eigenvalue weighted by molar-refractivity contribution is -0.139. The van der Waals surface area contributed by atoms with Crippen LogP contribution in [0.15, 0.2) is 0 Å². The Labute approximate surface area is 131 Å². The summed E-state index contributed by atoms with van der Waals surface area (Å²) in [7, 11) is 1.73. The van der Waals surface area contributed by atoms with Crippen LogP contribution in [0.2, 0.25) is 0 Å². The zero-order valence-corrected chi connectivity index (χ0v) is 13.2. The van der Waals surface area contributed by atoms with Crippen LogP contribution in [0, 0.1) is 5.92 Å². The summed E-state index contributed by atoms with van der Waals surface area (Å²) < 4.78 is 0. The molecule has 0 aromatic carbocycles. The van der Waals surface area contributed by atoms with Crippen LogP contribution in [-0.2, 0) is 14.4 Å². The van der Waals surface area contributed by atoms with Crippen LogP contribution >= 0.6 is 0 Å². The molecular formula is C15H26N4O3. The van der Waals surface area contributed by atoms with Gasteiger partial charge in [-0.2, -0.15) is 0 Å². The van der Waals surface area contributed by atoms with Gasteiger partial charge in [0, 0.05) is 52.1 Å². The first kappa shape index (κ1) is 16.7.